The number of benzene rings is 4. The molecule has 0 unspecified atom stereocenters. The van der Waals surface area contributed by atoms with E-state index in [0.717, 1.165) is 41.4 Å². The Morgan fingerprint density at radius 3 is 2.41 bits per heavy atom. The standard InChI is InChI=1S/C31H29N3O5S2/c35-31(24-15-13-23(14-16-24)28-12-6-8-22-7-4-5-11-27(22)28)33-41(38,39)26-17-18-29(30(21-26)34(36)37)32-19-20-40-25-9-2-1-3-10-25/h1-3,6,8-10,12-18,21,32H,4-5,7,11,19-20H2,(H,33,35). The van der Waals surface area contributed by atoms with Crippen LogP contribution in [0.25, 0.3) is 11.1 Å². The summed E-state index contributed by atoms with van der Waals surface area (Å²) >= 11 is 1.60. The third-order valence-corrected chi connectivity index (χ3v) is 9.33. The highest BCUT2D eigenvalue weighted by atomic mass is 32.2. The molecule has 0 spiro atoms. The molecule has 4 aromatic carbocycles. The van der Waals surface area contributed by atoms with Crippen LogP contribution in [0.5, 0.6) is 0 Å². The topological polar surface area (TPSA) is 118 Å². The molecule has 1 aliphatic rings. The van der Waals surface area contributed by atoms with Gasteiger partial charge in [-0.05, 0) is 84.3 Å². The van der Waals surface area contributed by atoms with E-state index >= 15 is 0 Å². The molecule has 210 valence electrons. The zero-order valence-corrected chi connectivity index (χ0v) is 23.8. The first-order valence-electron chi connectivity index (χ1n) is 13.3. The minimum absolute atomic E-state index is 0.172. The highest BCUT2D eigenvalue weighted by Gasteiger charge is 2.24. The molecule has 0 aromatic heterocycles. The van der Waals surface area contributed by atoms with Gasteiger partial charge in [0.25, 0.3) is 21.6 Å². The zero-order chi connectivity index (χ0) is 28.8. The zero-order valence-electron chi connectivity index (χ0n) is 22.2. The summed E-state index contributed by atoms with van der Waals surface area (Å²) in [5.41, 5.74) is 4.75. The molecule has 0 saturated heterocycles. The van der Waals surface area contributed by atoms with E-state index in [2.05, 4.69) is 17.4 Å². The number of nitrogens with one attached hydrogen (secondary N) is 2. The summed E-state index contributed by atoms with van der Waals surface area (Å²) in [4.78, 5) is 24.6. The average molecular weight is 588 g/mol. The van der Waals surface area contributed by atoms with Crippen LogP contribution in [0, 0.1) is 10.1 Å². The van der Waals surface area contributed by atoms with E-state index in [1.165, 1.54) is 29.7 Å². The van der Waals surface area contributed by atoms with Crippen LogP contribution < -0.4 is 10.0 Å². The third kappa shape index (κ3) is 6.78. The minimum atomic E-state index is -4.35. The SMILES string of the molecule is O=C(NS(=O)(=O)c1ccc(NCCSc2ccccc2)c([N+](=O)[O-])c1)c1ccc(-c2cccc3c2CCCC3)cc1. The Hall–Kier alpha value is -4.15. The molecule has 0 heterocycles. The van der Waals surface area contributed by atoms with Gasteiger partial charge >= 0.3 is 0 Å². The highest BCUT2D eigenvalue weighted by molar-refractivity contribution is 7.99. The van der Waals surface area contributed by atoms with Crippen molar-refractivity contribution in [3.05, 3.63) is 118 Å². The molecule has 1 aliphatic carbocycles. The minimum Gasteiger partial charge on any atom is -0.379 e. The Morgan fingerprint density at radius 2 is 1.66 bits per heavy atom. The number of nitrogens with zero attached hydrogens (tertiary/aromatic N) is 1. The van der Waals surface area contributed by atoms with Gasteiger partial charge in [0, 0.05) is 28.8 Å². The van der Waals surface area contributed by atoms with Crippen molar-refractivity contribution in [2.45, 2.75) is 35.5 Å². The highest BCUT2D eigenvalue weighted by Crippen LogP contribution is 2.32. The van der Waals surface area contributed by atoms with Crippen molar-refractivity contribution in [2.75, 3.05) is 17.6 Å². The predicted octanol–water partition coefficient (Wildman–Crippen LogP) is 6.46. The van der Waals surface area contributed by atoms with Crippen molar-refractivity contribution < 1.29 is 18.1 Å². The fraction of sp³-hybridized carbons (Fsp3) is 0.194. The van der Waals surface area contributed by atoms with Gasteiger partial charge in [-0.25, -0.2) is 13.1 Å². The Bertz CT molecular complexity index is 1670. The molecule has 0 radical (unpaired) electrons. The number of hydrogen-bond donors (Lipinski definition) is 2. The van der Waals surface area contributed by atoms with Gasteiger partial charge in [0.2, 0.25) is 0 Å². The molecule has 0 bridgehead atoms. The molecule has 41 heavy (non-hydrogen) atoms. The summed E-state index contributed by atoms with van der Waals surface area (Å²) in [6.07, 6.45) is 4.40. The van der Waals surface area contributed by atoms with Crippen molar-refractivity contribution in [1.29, 1.82) is 0 Å². The van der Waals surface area contributed by atoms with E-state index in [1.54, 1.807) is 23.9 Å². The van der Waals surface area contributed by atoms with E-state index in [-0.39, 0.29) is 21.8 Å². The average Bonchev–Trinajstić information content (AvgIpc) is 2.99. The summed E-state index contributed by atoms with van der Waals surface area (Å²) in [6, 6.07) is 26.4. The van der Waals surface area contributed by atoms with Crippen molar-refractivity contribution in [3.8, 4) is 11.1 Å². The number of thioether (sulfide) groups is 1. The molecular weight excluding hydrogens is 558 g/mol. The lowest BCUT2D eigenvalue weighted by atomic mass is 9.86. The van der Waals surface area contributed by atoms with Gasteiger partial charge in [-0.15, -0.1) is 11.8 Å². The van der Waals surface area contributed by atoms with E-state index < -0.39 is 20.9 Å². The van der Waals surface area contributed by atoms with Crippen molar-refractivity contribution in [1.82, 2.24) is 4.72 Å². The summed E-state index contributed by atoms with van der Waals surface area (Å²) in [5, 5.41) is 14.7. The Kier molecular flexibility index (Phi) is 8.70. The maximum atomic E-state index is 13.0. The fourth-order valence-electron chi connectivity index (χ4n) is 4.94. The summed E-state index contributed by atoms with van der Waals surface area (Å²) < 4.78 is 28.0. The van der Waals surface area contributed by atoms with Crippen LogP contribution >= 0.6 is 11.8 Å². The predicted molar refractivity (Wildman–Crippen MR) is 162 cm³/mol. The van der Waals surface area contributed by atoms with Gasteiger partial charge in [-0.3, -0.25) is 14.9 Å². The molecule has 0 saturated carbocycles. The molecule has 0 atom stereocenters. The van der Waals surface area contributed by atoms with Gasteiger partial charge in [-0.1, -0.05) is 48.5 Å². The van der Waals surface area contributed by atoms with Crippen molar-refractivity contribution in [3.63, 3.8) is 0 Å². The summed E-state index contributed by atoms with van der Waals surface area (Å²) in [5.74, 6) is -0.155. The monoisotopic (exact) mass is 587 g/mol. The van der Waals surface area contributed by atoms with E-state index in [0.29, 0.717) is 12.3 Å². The number of hydrogen-bond acceptors (Lipinski definition) is 7. The lowest BCUT2D eigenvalue weighted by molar-refractivity contribution is -0.384. The quantitative estimate of drug-likeness (QED) is 0.0946. The lowest BCUT2D eigenvalue weighted by Crippen LogP contribution is -2.30. The summed E-state index contributed by atoms with van der Waals surface area (Å²) in [6.45, 7) is 0.436. The Balaban J connectivity index is 1.26. The smallest absolute Gasteiger partial charge is 0.293 e. The van der Waals surface area contributed by atoms with E-state index in [4.69, 9.17) is 0 Å². The molecule has 4 aromatic rings. The van der Waals surface area contributed by atoms with Crippen LogP contribution in [0.15, 0.2) is 101 Å². The Labute approximate surface area is 243 Å². The first kappa shape index (κ1) is 28.4. The molecule has 5 rings (SSSR count). The van der Waals surface area contributed by atoms with Crippen molar-refractivity contribution >= 4 is 39.1 Å². The summed E-state index contributed by atoms with van der Waals surface area (Å²) in [7, 11) is -4.35. The first-order valence-corrected chi connectivity index (χ1v) is 15.8. The number of aryl methyl sites for hydroxylation is 1. The van der Waals surface area contributed by atoms with Crippen LogP contribution in [0.2, 0.25) is 0 Å². The molecule has 0 aliphatic heterocycles. The number of anilines is 1. The molecular formula is C31H29N3O5S2. The number of fused-ring (bicyclic) bond motifs is 1. The number of nitro benzene ring substituents is 1. The maximum Gasteiger partial charge on any atom is 0.293 e. The molecule has 1 amide bonds. The Morgan fingerprint density at radius 1 is 0.902 bits per heavy atom. The van der Waals surface area contributed by atoms with Gasteiger partial charge < -0.3 is 5.32 Å². The molecule has 0 fully saturated rings. The number of amides is 1. The lowest BCUT2D eigenvalue weighted by Gasteiger charge is -2.19. The van der Waals surface area contributed by atoms with Crippen LogP contribution in [0.4, 0.5) is 11.4 Å². The van der Waals surface area contributed by atoms with Gasteiger partial charge in [0.15, 0.2) is 0 Å². The number of carbonyl (C=O) groups excluding carboxylic acids is 1. The van der Waals surface area contributed by atoms with Crippen molar-refractivity contribution in [2.24, 2.45) is 0 Å². The van der Waals surface area contributed by atoms with Crippen LogP contribution in [-0.2, 0) is 22.9 Å². The maximum absolute atomic E-state index is 13.0. The van der Waals surface area contributed by atoms with Gasteiger partial charge in [0.1, 0.15) is 5.69 Å². The van der Waals surface area contributed by atoms with Crippen LogP contribution in [0.1, 0.15) is 34.3 Å². The van der Waals surface area contributed by atoms with E-state index in [9.17, 15) is 23.3 Å². The molecule has 2 N–H and O–H groups in total. The normalized spacial score (nSPS) is 12.8. The second-order valence-corrected chi connectivity index (χ2v) is 12.5. The number of nitro groups is 1. The number of rotatable bonds is 10. The molecule has 10 heteroatoms. The van der Waals surface area contributed by atoms with Crippen LogP contribution in [-0.4, -0.2) is 31.5 Å². The second kappa shape index (κ2) is 12.6. The fourth-order valence-corrected chi connectivity index (χ4v) is 6.73. The number of sulfonamides is 1. The third-order valence-electron chi connectivity index (χ3n) is 6.99. The second-order valence-electron chi connectivity index (χ2n) is 9.69. The largest absolute Gasteiger partial charge is 0.379 e. The van der Waals surface area contributed by atoms with Gasteiger partial charge in [-0.2, -0.15) is 0 Å². The molecule has 8 nitrogen and oxygen atoms in total. The van der Waals surface area contributed by atoms with Crippen LogP contribution in [0.3, 0.4) is 0 Å². The van der Waals surface area contributed by atoms with Gasteiger partial charge in [0.05, 0.1) is 9.82 Å². The first-order chi connectivity index (χ1) is 19.8. The van der Waals surface area contributed by atoms with E-state index in [1.807, 2.05) is 53.3 Å². The number of carbonyl (C=O) groups is 1.